The SMILES string of the molecule is CN.COC(=O)c1ccc(C)cc1SN. The second-order valence-electron chi connectivity index (χ2n) is 2.61. The van der Waals surface area contributed by atoms with Gasteiger partial charge in [-0.05, 0) is 43.6 Å². The largest absolute Gasteiger partial charge is 0.465 e. The van der Waals surface area contributed by atoms with Gasteiger partial charge in [-0.1, -0.05) is 6.07 Å². The molecule has 0 radical (unpaired) electrons. The number of esters is 1. The molecule has 0 unspecified atom stereocenters. The molecule has 0 saturated heterocycles. The first kappa shape index (κ1) is 14.0. The van der Waals surface area contributed by atoms with Gasteiger partial charge in [-0.2, -0.15) is 0 Å². The average Bonchev–Trinajstić information content (AvgIpc) is 2.30. The van der Waals surface area contributed by atoms with Gasteiger partial charge >= 0.3 is 5.97 Å². The van der Waals surface area contributed by atoms with Crippen molar-refractivity contribution in [3.8, 4) is 0 Å². The van der Waals surface area contributed by atoms with Crippen molar-refractivity contribution in [2.24, 2.45) is 10.9 Å². The molecule has 1 rings (SSSR count). The van der Waals surface area contributed by atoms with Gasteiger partial charge in [0.1, 0.15) is 0 Å². The van der Waals surface area contributed by atoms with Crippen LogP contribution >= 0.6 is 11.9 Å². The zero-order valence-electron chi connectivity index (χ0n) is 9.11. The smallest absolute Gasteiger partial charge is 0.339 e. The molecule has 1 aromatic rings. The third kappa shape index (κ3) is 3.91. The van der Waals surface area contributed by atoms with Gasteiger partial charge in [0.05, 0.1) is 12.7 Å². The number of hydrogen-bond acceptors (Lipinski definition) is 5. The molecule has 0 saturated carbocycles. The third-order valence-electron chi connectivity index (χ3n) is 1.67. The summed E-state index contributed by atoms with van der Waals surface area (Å²) in [5, 5.41) is 5.42. The van der Waals surface area contributed by atoms with Crippen molar-refractivity contribution in [2.75, 3.05) is 14.2 Å². The predicted octanol–water partition coefficient (Wildman–Crippen LogP) is 1.32. The number of methoxy groups -OCH3 is 1. The fourth-order valence-corrected chi connectivity index (χ4v) is 1.54. The van der Waals surface area contributed by atoms with Crippen molar-refractivity contribution >= 4 is 17.9 Å². The Morgan fingerprint density at radius 2 is 2.00 bits per heavy atom. The minimum atomic E-state index is -0.354. The molecule has 0 fully saturated rings. The third-order valence-corrected chi connectivity index (χ3v) is 2.26. The van der Waals surface area contributed by atoms with E-state index in [1.165, 1.54) is 14.2 Å². The Morgan fingerprint density at radius 3 is 2.47 bits per heavy atom. The van der Waals surface area contributed by atoms with Gasteiger partial charge in [0.25, 0.3) is 0 Å². The lowest BCUT2D eigenvalue weighted by atomic mass is 10.1. The summed E-state index contributed by atoms with van der Waals surface area (Å²) in [5.41, 5.74) is 6.08. The Kier molecular flexibility index (Phi) is 6.77. The Bertz CT molecular complexity index is 329. The lowest BCUT2D eigenvalue weighted by Crippen LogP contribution is -2.03. The normalized spacial score (nSPS) is 8.87. The van der Waals surface area contributed by atoms with Gasteiger partial charge in [0.2, 0.25) is 0 Å². The van der Waals surface area contributed by atoms with Crippen LogP contribution in [-0.2, 0) is 4.74 Å². The van der Waals surface area contributed by atoms with Crippen LogP contribution in [0.1, 0.15) is 15.9 Å². The quantitative estimate of drug-likeness (QED) is 0.589. The molecule has 0 bridgehead atoms. The van der Waals surface area contributed by atoms with Crippen LogP contribution in [0.2, 0.25) is 0 Å². The molecular weight excluding hydrogens is 212 g/mol. The first-order valence-electron chi connectivity index (χ1n) is 4.32. The van der Waals surface area contributed by atoms with Crippen molar-refractivity contribution in [3.05, 3.63) is 29.3 Å². The van der Waals surface area contributed by atoms with E-state index in [1.807, 2.05) is 19.1 Å². The average molecular weight is 228 g/mol. The Balaban J connectivity index is 0.000000921. The molecule has 4 N–H and O–H groups in total. The summed E-state index contributed by atoms with van der Waals surface area (Å²) < 4.78 is 4.61. The molecule has 0 atom stereocenters. The minimum Gasteiger partial charge on any atom is -0.465 e. The summed E-state index contributed by atoms with van der Waals surface area (Å²) in [6.07, 6.45) is 0. The van der Waals surface area contributed by atoms with Gasteiger partial charge < -0.3 is 10.5 Å². The number of nitrogens with two attached hydrogens (primary N) is 2. The van der Waals surface area contributed by atoms with Gasteiger partial charge in [-0.15, -0.1) is 0 Å². The van der Waals surface area contributed by atoms with E-state index < -0.39 is 0 Å². The topological polar surface area (TPSA) is 78.3 Å². The van der Waals surface area contributed by atoms with E-state index in [-0.39, 0.29) is 5.97 Å². The first-order chi connectivity index (χ1) is 7.19. The van der Waals surface area contributed by atoms with Crippen LogP contribution in [0.5, 0.6) is 0 Å². The molecule has 0 heterocycles. The maximum absolute atomic E-state index is 11.2. The molecule has 0 spiro atoms. The molecule has 0 aliphatic heterocycles. The molecule has 0 aromatic heterocycles. The van der Waals surface area contributed by atoms with E-state index in [4.69, 9.17) is 5.14 Å². The molecule has 0 amide bonds. The fraction of sp³-hybridized carbons (Fsp3) is 0.300. The maximum Gasteiger partial charge on any atom is 0.339 e. The second-order valence-corrected chi connectivity index (χ2v) is 3.28. The molecular formula is C10H16N2O2S. The summed E-state index contributed by atoms with van der Waals surface area (Å²) >= 11 is 1.05. The Hall–Kier alpha value is -1.04. The summed E-state index contributed by atoms with van der Waals surface area (Å²) in [5.74, 6) is -0.354. The zero-order valence-corrected chi connectivity index (χ0v) is 9.93. The van der Waals surface area contributed by atoms with Crippen LogP contribution in [-0.4, -0.2) is 20.1 Å². The number of aryl methyl sites for hydroxylation is 1. The fourth-order valence-electron chi connectivity index (χ4n) is 1.01. The monoisotopic (exact) mass is 228 g/mol. The lowest BCUT2D eigenvalue weighted by molar-refractivity contribution is 0.0597. The van der Waals surface area contributed by atoms with Crippen LogP contribution in [0.4, 0.5) is 0 Å². The molecule has 15 heavy (non-hydrogen) atoms. The van der Waals surface area contributed by atoms with Gasteiger partial charge in [0.15, 0.2) is 0 Å². The highest BCUT2D eigenvalue weighted by Gasteiger charge is 2.10. The molecule has 0 aliphatic carbocycles. The van der Waals surface area contributed by atoms with Crippen molar-refractivity contribution in [1.82, 2.24) is 0 Å². The number of rotatable bonds is 2. The van der Waals surface area contributed by atoms with E-state index in [2.05, 4.69) is 10.5 Å². The van der Waals surface area contributed by atoms with E-state index in [1.54, 1.807) is 6.07 Å². The van der Waals surface area contributed by atoms with Crippen LogP contribution in [0.25, 0.3) is 0 Å². The van der Waals surface area contributed by atoms with Gasteiger partial charge in [-0.3, -0.25) is 5.14 Å². The van der Waals surface area contributed by atoms with Crippen LogP contribution in [0, 0.1) is 6.92 Å². The standard InChI is InChI=1S/C9H11NO2S.CH5N/c1-6-3-4-7(9(11)12-2)8(5-6)13-10;1-2/h3-5H,10H2,1-2H3;2H2,1H3. The molecule has 4 nitrogen and oxygen atoms in total. The van der Waals surface area contributed by atoms with Crippen molar-refractivity contribution in [3.63, 3.8) is 0 Å². The number of benzene rings is 1. The highest BCUT2D eigenvalue weighted by Crippen LogP contribution is 2.20. The first-order valence-corrected chi connectivity index (χ1v) is 5.20. The summed E-state index contributed by atoms with van der Waals surface area (Å²) in [4.78, 5) is 12.0. The van der Waals surface area contributed by atoms with E-state index in [0.717, 1.165) is 22.4 Å². The number of carbonyl (C=O) groups excluding carboxylic acids is 1. The second kappa shape index (κ2) is 7.28. The predicted molar refractivity (Wildman–Crippen MR) is 62.7 cm³/mol. The highest BCUT2D eigenvalue weighted by atomic mass is 32.2. The summed E-state index contributed by atoms with van der Waals surface area (Å²) in [6, 6.07) is 5.43. The lowest BCUT2D eigenvalue weighted by Gasteiger charge is -2.05. The van der Waals surface area contributed by atoms with E-state index >= 15 is 0 Å². The summed E-state index contributed by atoms with van der Waals surface area (Å²) in [6.45, 7) is 1.95. The van der Waals surface area contributed by atoms with Gasteiger partial charge in [-0.25, -0.2) is 4.79 Å². The zero-order chi connectivity index (χ0) is 11.8. The van der Waals surface area contributed by atoms with E-state index in [0.29, 0.717) is 5.56 Å². The summed E-state index contributed by atoms with van der Waals surface area (Å²) in [7, 11) is 2.85. The van der Waals surface area contributed by atoms with Crippen molar-refractivity contribution < 1.29 is 9.53 Å². The number of carbonyl (C=O) groups is 1. The van der Waals surface area contributed by atoms with E-state index in [9.17, 15) is 4.79 Å². The van der Waals surface area contributed by atoms with Crippen LogP contribution in [0.15, 0.2) is 23.1 Å². The number of hydrogen-bond donors (Lipinski definition) is 2. The minimum absolute atomic E-state index is 0.354. The van der Waals surface area contributed by atoms with Crippen molar-refractivity contribution in [2.45, 2.75) is 11.8 Å². The van der Waals surface area contributed by atoms with Crippen LogP contribution < -0.4 is 10.9 Å². The van der Waals surface area contributed by atoms with Crippen molar-refractivity contribution in [1.29, 1.82) is 0 Å². The molecule has 5 heteroatoms. The molecule has 1 aromatic carbocycles. The van der Waals surface area contributed by atoms with Crippen LogP contribution in [0.3, 0.4) is 0 Å². The maximum atomic E-state index is 11.2. The molecule has 84 valence electrons. The number of ether oxygens (including phenoxy) is 1. The Labute approximate surface area is 94.1 Å². The van der Waals surface area contributed by atoms with Gasteiger partial charge in [0, 0.05) is 4.90 Å². The highest BCUT2D eigenvalue weighted by molar-refractivity contribution is 7.97. The Morgan fingerprint density at radius 1 is 1.40 bits per heavy atom. The molecule has 0 aliphatic rings.